The lowest BCUT2D eigenvalue weighted by molar-refractivity contribution is 0.550. The Morgan fingerprint density at radius 1 is 1.14 bits per heavy atom. The molecule has 3 nitrogen and oxygen atoms in total. The number of anilines is 2. The van der Waals surface area contributed by atoms with Crippen molar-refractivity contribution in [3.8, 4) is 0 Å². The van der Waals surface area contributed by atoms with E-state index in [0.29, 0.717) is 0 Å². The lowest BCUT2D eigenvalue weighted by Gasteiger charge is -2.43. The minimum atomic E-state index is -0.0137. The van der Waals surface area contributed by atoms with E-state index in [-0.39, 0.29) is 5.54 Å². The number of fused-ring (bicyclic) bond motifs is 1. The molecule has 0 bridgehead atoms. The van der Waals surface area contributed by atoms with Crippen molar-refractivity contribution in [2.45, 2.75) is 39.7 Å². The predicted octanol–water partition coefficient (Wildman–Crippen LogP) is 6.57. The van der Waals surface area contributed by atoms with Crippen LogP contribution in [0.2, 0.25) is 5.02 Å². The standard InChI is InChI=1S/C24H30ClN3/c1-7-12-28-23-14-22(25)18(13-21(23)17(2)15-24(28,3)4)16-26-19-8-10-20(11-9-19)27(5)6/h8-11,13-16H,7,12H2,1-6H3. The summed E-state index contributed by atoms with van der Waals surface area (Å²) in [6, 6.07) is 12.4. The summed E-state index contributed by atoms with van der Waals surface area (Å²) in [5.74, 6) is 0. The minimum Gasteiger partial charge on any atom is -0.378 e. The van der Waals surface area contributed by atoms with Crippen LogP contribution in [-0.4, -0.2) is 32.4 Å². The van der Waals surface area contributed by atoms with Crippen molar-refractivity contribution in [2.75, 3.05) is 30.4 Å². The molecule has 3 rings (SSSR count). The maximum Gasteiger partial charge on any atom is 0.0631 e. The number of rotatable bonds is 5. The van der Waals surface area contributed by atoms with Gasteiger partial charge >= 0.3 is 0 Å². The van der Waals surface area contributed by atoms with E-state index in [0.717, 1.165) is 34.9 Å². The molecule has 0 spiro atoms. The van der Waals surface area contributed by atoms with Crippen molar-refractivity contribution in [1.29, 1.82) is 0 Å². The lowest BCUT2D eigenvalue weighted by atomic mass is 9.88. The van der Waals surface area contributed by atoms with E-state index in [1.165, 1.54) is 16.8 Å². The Kier molecular flexibility index (Phi) is 5.85. The van der Waals surface area contributed by atoms with Gasteiger partial charge in [-0.25, -0.2) is 0 Å². The van der Waals surface area contributed by atoms with Crippen molar-refractivity contribution >= 4 is 40.5 Å². The minimum absolute atomic E-state index is 0.0137. The van der Waals surface area contributed by atoms with Crippen molar-refractivity contribution in [3.05, 3.63) is 58.6 Å². The summed E-state index contributed by atoms with van der Waals surface area (Å²) in [6.07, 6.45) is 5.31. The van der Waals surface area contributed by atoms with Crippen molar-refractivity contribution in [1.82, 2.24) is 0 Å². The number of aliphatic imine (C=N–C) groups is 1. The predicted molar refractivity (Wildman–Crippen MR) is 125 cm³/mol. The van der Waals surface area contributed by atoms with Gasteiger partial charge in [-0.3, -0.25) is 4.99 Å². The zero-order valence-electron chi connectivity index (χ0n) is 17.8. The molecule has 0 saturated heterocycles. The zero-order valence-corrected chi connectivity index (χ0v) is 18.5. The van der Waals surface area contributed by atoms with E-state index in [9.17, 15) is 0 Å². The van der Waals surface area contributed by atoms with Crippen LogP contribution < -0.4 is 9.80 Å². The first-order valence-corrected chi connectivity index (χ1v) is 10.2. The SMILES string of the molecule is CCCN1c2cc(Cl)c(C=Nc3ccc(N(C)C)cc3)cc2C(C)=CC1(C)C. The first-order valence-electron chi connectivity index (χ1n) is 9.85. The molecule has 0 saturated carbocycles. The van der Waals surface area contributed by atoms with E-state index in [1.807, 2.05) is 32.4 Å². The van der Waals surface area contributed by atoms with Gasteiger partial charge in [0, 0.05) is 49.4 Å². The summed E-state index contributed by atoms with van der Waals surface area (Å²) in [5.41, 5.74) is 6.74. The van der Waals surface area contributed by atoms with Crippen molar-refractivity contribution in [2.24, 2.45) is 4.99 Å². The Balaban J connectivity index is 1.95. The van der Waals surface area contributed by atoms with Crippen LogP contribution in [-0.2, 0) is 0 Å². The Bertz CT molecular complexity index is 908. The van der Waals surface area contributed by atoms with E-state index in [2.05, 4.69) is 72.8 Å². The monoisotopic (exact) mass is 395 g/mol. The van der Waals surface area contributed by atoms with Crippen LogP contribution in [0.4, 0.5) is 17.1 Å². The Morgan fingerprint density at radius 3 is 2.43 bits per heavy atom. The topological polar surface area (TPSA) is 18.8 Å². The lowest BCUT2D eigenvalue weighted by Crippen LogP contribution is -2.45. The Labute approximate surface area is 174 Å². The number of allylic oxidation sites excluding steroid dienone is 1. The molecule has 1 heterocycles. The molecule has 1 aliphatic heterocycles. The molecular weight excluding hydrogens is 366 g/mol. The van der Waals surface area contributed by atoms with Crippen LogP contribution in [0.1, 0.15) is 45.2 Å². The quantitative estimate of drug-likeness (QED) is 0.533. The summed E-state index contributed by atoms with van der Waals surface area (Å²) in [6.45, 7) is 9.92. The molecule has 2 aromatic rings. The van der Waals surface area contributed by atoms with Gasteiger partial charge < -0.3 is 9.80 Å². The van der Waals surface area contributed by atoms with Crippen LogP contribution in [0.25, 0.3) is 5.57 Å². The fourth-order valence-electron chi connectivity index (χ4n) is 3.83. The molecule has 0 unspecified atom stereocenters. The molecule has 4 heteroatoms. The number of hydrogen-bond acceptors (Lipinski definition) is 3. The van der Waals surface area contributed by atoms with E-state index in [4.69, 9.17) is 11.6 Å². The third-order valence-electron chi connectivity index (χ3n) is 5.26. The molecular formula is C24H30ClN3. The average Bonchev–Trinajstić information content (AvgIpc) is 2.63. The maximum atomic E-state index is 6.66. The van der Waals surface area contributed by atoms with E-state index < -0.39 is 0 Å². The summed E-state index contributed by atoms with van der Waals surface area (Å²) in [7, 11) is 4.06. The fraction of sp³-hybridized carbons (Fsp3) is 0.375. The molecule has 0 aliphatic carbocycles. The first-order chi connectivity index (χ1) is 13.2. The van der Waals surface area contributed by atoms with Gasteiger partial charge in [-0.2, -0.15) is 0 Å². The highest BCUT2D eigenvalue weighted by atomic mass is 35.5. The molecule has 0 amide bonds. The van der Waals surface area contributed by atoms with Gasteiger partial charge in [-0.15, -0.1) is 0 Å². The summed E-state index contributed by atoms with van der Waals surface area (Å²) >= 11 is 6.66. The zero-order chi connectivity index (χ0) is 20.5. The van der Waals surface area contributed by atoms with Crippen molar-refractivity contribution < 1.29 is 0 Å². The van der Waals surface area contributed by atoms with E-state index in [1.54, 1.807) is 0 Å². The molecule has 28 heavy (non-hydrogen) atoms. The van der Waals surface area contributed by atoms with Gasteiger partial charge in [-0.05, 0) is 69.2 Å². The van der Waals surface area contributed by atoms with Crippen LogP contribution >= 0.6 is 11.6 Å². The summed E-state index contributed by atoms with van der Waals surface area (Å²) in [4.78, 5) is 9.16. The second-order valence-electron chi connectivity index (χ2n) is 8.19. The fourth-order valence-corrected chi connectivity index (χ4v) is 4.03. The summed E-state index contributed by atoms with van der Waals surface area (Å²) in [5, 5.41) is 0.735. The molecule has 0 aromatic heterocycles. The molecule has 0 N–H and O–H groups in total. The van der Waals surface area contributed by atoms with Crippen LogP contribution in [0.15, 0.2) is 47.5 Å². The van der Waals surface area contributed by atoms with Gasteiger partial charge in [0.05, 0.1) is 16.2 Å². The van der Waals surface area contributed by atoms with Gasteiger partial charge in [0.15, 0.2) is 0 Å². The average molecular weight is 396 g/mol. The third-order valence-corrected chi connectivity index (χ3v) is 5.59. The van der Waals surface area contributed by atoms with Gasteiger partial charge in [-0.1, -0.05) is 24.6 Å². The number of halogens is 1. The van der Waals surface area contributed by atoms with Crippen LogP contribution in [0.3, 0.4) is 0 Å². The largest absolute Gasteiger partial charge is 0.378 e. The first kappa shape index (κ1) is 20.5. The highest BCUT2D eigenvalue weighted by Gasteiger charge is 2.31. The molecule has 0 atom stereocenters. The third kappa shape index (κ3) is 4.10. The normalized spacial score (nSPS) is 15.5. The van der Waals surface area contributed by atoms with Crippen molar-refractivity contribution in [3.63, 3.8) is 0 Å². The number of hydrogen-bond donors (Lipinski definition) is 0. The molecule has 0 radical (unpaired) electrons. The second-order valence-corrected chi connectivity index (χ2v) is 8.60. The highest BCUT2D eigenvalue weighted by Crippen LogP contribution is 2.41. The van der Waals surface area contributed by atoms with Crippen LogP contribution in [0, 0.1) is 0 Å². The van der Waals surface area contributed by atoms with Gasteiger partial charge in [0.1, 0.15) is 0 Å². The highest BCUT2D eigenvalue weighted by molar-refractivity contribution is 6.33. The second kappa shape index (κ2) is 8.00. The molecule has 148 valence electrons. The molecule has 1 aliphatic rings. The van der Waals surface area contributed by atoms with Crippen LogP contribution in [0.5, 0.6) is 0 Å². The van der Waals surface area contributed by atoms with Gasteiger partial charge in [0.2, 0.25) is 0 Å². The molecule has 2 aromatic carbocycles. The molecule has 0 fully saturated rings. The Morgan fingerprint density at radius 2 is 1.82 bits per heavy atom. The Hall–Kier alpha value is -2.26. The smallest absolute Gasteiger partial charge is 0.0631 e. The maximum absolute atomic E-state index is 6.66. The summed E-state index contributed by atoms with van der Waals surface area (Å²) < 4.78 is 0. The van der Waals surface area contributed by atoms with E-state index >= 15 is 0 Å². The number of benzene rings is 2. The van der Waals surface area contributed by atoms with Gasteiger partial charge in [0.25, 0.3) is 0 Å². The number of nitrogens with zero attached hydrogens (tertiary/aromatic N) is 3.